The van der Waals surface area contributed by atoms with Gasteiger partial charge in [-0.3, -0.25) is 0 Å². The highest BCUT2D eigenvalue weighted by Crippen LogP contribution is 2.43. The highest BCUT2D eigenvalue weighted by Gasteiger charge is 2.37. The molecule has 0 aliphatic heterocycles. The Morgan fingerprint density at radius 2 is 1.95 bits per heavy atom. The molecule has 3 heteroatoms. The topological polar surface area (TPSA) is 26.0 Å². The van der Waals surface area contributed by atoms with Gasteiger partial charge in [-0.2, -0.15) is 0 Å². The van der Waals surface area contributed by atoms with E-state index in [0.29, 0.717) is 9.89 Å². The third-order valence-electron chi connectivity index (χ3n) is 5.57. The zero-order chi connectivity index (χ0) is 15.7. The Labute approximate surface area is 136 Å². The number of rotatable bonds is 4. The highest BCUT2D eigenvalue weighted by molar-refractivity contribution is 9.10. The van der Waals surface area contributed by atoms with E-state index in [9.17, 15) is 4.39 Å². The van der Waals surface area contributed by atoms with Gasteiger partial charge >= 0.3 is 0 Å². The molecular weight excluding hydrogens is 329 g/mol. The van der Waals surface area contributed by atoms with Crippen LogP contribution in [-0.2, 0) is 6.42 Å². The second-order valence-corrected chi connectivity index (χ2v) is 8.16. The van der Waals surface area contributed by atoms with Gasteiger partial charge in [-0.15, -0.1) is 0 Å². The molecule has 21 heavy (non-hydrogen) atoms. The molecule has 0 unspecified atom stereocenters. The van der Waals surface area contributed by atoms with E-state index in [1.54, 1.807) is 6.07 Å². The van der Waals surface area contributed by atoms with Gasteiger partial charge in [0.05, 0.1) is 4.47 Å². The molecule has 1 aliphatic rings. The summed E-state index contributed by atoms with van der Waals surface area (Å²) in [5.74, 6) is 0.562. The average Bonchev–Trinajstić information content (AvgIpc) is 2.44. The summed E-state index contributed by atoms with van der Waals surface area (Å²) in [6.07, 6.45) is 6.40. The van der Waals surface area contributed by atoms with Gasteiger partial charge in [0.1, 0.15) is 5.82 Å². The first-order valence-electron chi connectivity index (χ1n) is 7.99. The maximum atomic E-state index is 13.6. The van der Waals surface area contributed by atoms with Gasteiger partial charge in [0.25, 0.3) is 0 Å². The molecule has 1 aromatic carbocycles. The molecule has 1 aliphatic carbocycles. The summed E-state index contributed by atoms with van der Waals surface area (Å²) >= 11 is 3.36. The fourth-order valence-corrected chi connectivity index (χ4v) is 3.91. The van der Waals surface area contributed by atoms with Crippen molar-refractivity contribution in [1.29, 1.82) is 0 Å². The first-order valence-corrected chi connectivity index (χ1v) is 8.78. The normalized spacial score (nSPS) is 26.9. The molecule has 0 amide bonds. The molecule has 2 rings (SSSR count). The lowest BCUT2D eigenvalue weighted by Crippen LogP contribution is -2.47. The van der Waals surface area contributed by atoms with Crippen LogP contribution < -0.4 is 5.73 Å². The van der Waals surface area contributed by atoms with Gasteiger partial charge in [0.15, 0.2) is 0 Å². The zero-order valence-corrected chi connectivity index (χ0v) is 15.0. The van der Waals surface area contributed by atoms with Crippen LogP contribution in [0.25, 0.3) is 0 Å². The van der Waals surface area contributed by atoms with Crippen LogP contribution in [0.5, 0.6) is 0 Å². The van der Waals surface area contributed by atoms with Crippen LogP contribution in [0, 0.1) is 17.2 Å². The Morgan fingerprint density at radius 3 is 2.52 bits per heavy atom. The molecular formula is C18H27BrFN. The lowest BCUT2D eigenvalue weighted by Gasteiger charge is -2.43. The van der Waals surface area contributed by atoms with E-state index in [2.05, 4.69) is 36.7 Å². The van der Waals surface area contributed by atoms with Crippen LogP contribution in [0.4, 0.5) is 4.39 Å². The minimum absolute atomic E-state index is 0.184. The fourth-order valence-electron chi connectivity index (χ4n) is 3.50. The Balaban J connectivity index is 2.04. The third-order valence-corrected chi connectivity index (χ3v) is 6.46. The van der Waals surface area contributed by atoms with Crippen LogP contribution in [0.1, 0.15) is 58.4 Å². The van der Waals surface area contributed by atoms with E-state index in [1.165, 1.54) is 25.3 Å². The Hall–Kier alpha value is -0.410. The Morgan fingerprint density at radius 1 is 1.33 bits per heavy atom. The predicted molar refractivity (Wildman–Crippen MR) is 90.8 cm³/mol. The van der Waals surface area contributed by atoms with E-state index in [-0.39, 0.29) is 11.4 Å². The minimum Gasteiger partial charge on any atom is -0.325 e. The summed E-state index contributed by atoms with van der Waals surface area (Å²) < 4.78 is 14.2. The quantitative estimate of drug-likeness (QED) is 0.762. The standard InChI is InChI=1S/C18H27BrFN/c1-4-17(2,3)14-8-10-18(21,11-9-14)12-13-6-5-7-15(20)16(13)19/h5-7,14H,4,8-12,21H2,1-3H3. The number of benzene rings is 1. The maximum Gasteiger partial charge on any atom is 0.137 e. The average molecular weight is 356 g/mol. The number of halogens is 2. The summed E-state index contributed by atoms with van der Waals surface area (Å²) in [6.45, 7) is 7.00. The molecule has 0 spiro atoms. The van der Waals surface area contributed by atoms with Gasteiger partial charge in [0.2, 0.25) is 0 Å². The SMILES string of the molecule is CCC(C)(C)C1CCC(N)(Cc2cccc(F)c2Br)CC1. The van der Waals surface area contributed by atoms with E-state index in [4.69, 9.17) is 5.73 Å². The van der Waals surface area contributed by atoms with E-state index < -0.39 is 0 Å². The molecule has 0 heterocycles. The summed E-state index contributed by atoms with van der Waals surface area (Å²) in [6, 6.07) is 5.23. The predicted octanol–water partition coefficient (Wildman–Crippen LogP) is 5.45. The van der Waals surface area contributed by atoms with Gasteiger partial charge in [-0.25, -0.2) is 4.39 Å². The van der Waals surface area contributed by atoms with Crippen molar-refractivity contribution >= 4 is 15.9 Å². The zero-order valence-electron chi connectivity index (χ0n) is 13.4. The summed E-state index contributed by atoms with van der Waals surface area (Å²) in [5, 5.41) is 0. The highest BCUT2D eigenvalue weighted by atomic mass is 79.9. The molecule has 0 saturated heterocycles. The van der Waals surface area contributed by atoms with Crippen molar-refractivity contribution in [1.82, 2.24) is 0 Å². The van der Waals surface area contributed by atoms with Crippen LogP contribution >= 0.6 is 15.9 Å². The third kappa shape index (κ3) is 3.87. The van der Waals surface area contributed by atoms with Crippen molar-refractivity contribution in [2.75, 3.05) is 0 Å². The largest absolute Gasteiger partial charge is 0.325 e. The molecule has 2 N–H and O–H groups in total. The van der Waals surface area contributed by atoms with Crippen LogP contribution in [0.15, 0.2) is 22.7 Å². The van der Waals surface area contributed by atoms with Crippen molar-refractivity contribution in [3.8, 4) is 0 Å². The molecule has 1 aromatic rings. The van der Waals surface area contributed by atoms with Crippen LogP contribution in [0.2, 0.25) is 0 Å². The van der Waals surface area contributed by atoms with Crippen molar-refractivity contribution in [3.05, 3.63) is 34.1 Å². The lowest BCUT2D eigenvalue weighted by molar-refractivity contribution is 0.115. The Kier molecular flexibility index (Phi) is 5.15. The smallest absolute Gasteiger partial charge is 0.137 e. The minimum atomic E-state index is -0.197. The van der Waals surface area contributed by atoms with Gasteiger partial charge in [-0.1, -0.05) is 39.3 Å². The molecule has 1 fully saturated rings. The molecule has 118 valence electrons. The monoisotopic (exact) mass is 355 g/mol. The first-order chi connectivity index (χ1) is 9.77. The number of hydrogen-bond donors (Lipinski definition) is 1. The molecule has 0 aromatic heterocycles. The Bertz CT molecular complexity index is 490. The van der Waals surface area contributed by atoms with Crippen molar-refractivity contribution in [2.45, 2.75) is 64.8 Å². The molecule has 1 saturated carbocycles. The summed E-state index contributed by atoms with van der Waals surface area (Å²) in [4.78, 5) is 0. The first kappa shape index (κ1) is 17.0. The van der Waals surface area contributed by atoms with Crippen molar-refractivity contribution in [2.24, 2.45) is 17.1 Å². The van der Waals surface area contributed by atoms with Gasteiger partial charge in [0, 0.05) is 5.54 Å². The molecule has 0 radical (unpaired) electrons. The van der Waals surface area contributed by atoms with Crippen molar-refractivity contribution in [3.63, 3.8) is 0 Å². The van der Waals surface area contributed by atoms with Crippen LogP contribution in [-0.4, -0.2) is 5.54 Å². The fraction of sp³-hybridized carbons (Fsp3) is 0.667. The van der Waals surface area contributed by atoms with E-state index >= 15 is 0 Å². The second kappa shape index (κ2) is 6.37. The van der Waals surface area contributed by atoms with Crippen molar-refractivity contribution < 1.29 is 4.39 Å². The molecule has 0 atom stereocenters. The summed E-state index contributed by atoms with van der Waals surface area (Å²) in [7, 11) is 0. The molecule has 0 bridgehead atoms. The van der Waals surface area contributed by atoms with Crippen LogP contribution in [0.3, 0.4) is 0 Å². The lowest BCUT2D eigenvalue weighted by atomic mass is 9.65. The van der Waals surface area contributed by atoms with Gasteiger partial charge < -0.3 is 5.73 Å². The second-order valence-electron chi connectivity index (χ2n) is 7.37. The number of nitrogens with two attached hydrogens (primary N) is 1. The van der Waals surface area contributed by atoms with Gasteiger partial charge in [-0.05, 0) is 71.0 Å². The van der Waals surface area contributed by atoms with E-state index in [0.717, 1.165) is 30.7 Å². The maximum absolute atomic E-state index is 13.6. The molecule has 1 nitrogen and oxygen atoms in total. The summed E-state index contributed by atoms with van der Waals surface area (Å²) in [5.41, 5.74) is 7.82. The number of hydrogen-bond acceptors (Lipinski definition) is 1. The van der Waals surface area contributed by atoms with E-state index in [1.807, 2.05) is 6.07 Å².